The molecule has 1 atom stereocenters. The van der Waals surface area contributed by atoms with E-state index >= 15 is 0 Å². The van der Waals surface area contributed by atoms with Crippen LogP contribution < -0.4 is 5.32 Å². The third kappa shape index (κ3) is 3.50. The van der Waals surface area contributed by atoms with Crippen molar-refractivity contribution in [2.45, 2.75) is 39.8 Å². The van der Waals surface area contributed by atoms with E-state index in [2.05, 4.69) is 60.2 Å². The summed E-state index contributed by atoms with van der Waals surface area (Å²) in [5.74, 6) is -0.000544. The Labute approximate surface area is 160 Å². The monoisotopic (exact) mass is 361 g/mol. The maximum atomic E-state index is 12.7. The van der Waals surface area contributed by atoms with Gasteiger partial charge in [0.05, 0.1) is 0 Å². The Morgan fingerprint density at radius 2 is 1.96 bits per heavy atom. The van der Waals surface area contributed by atoms with Crippen LogP contribution in [0.3, 0.4) is 0 Å². The summed E-state index contributed by atoms with van der Waals surface area (Å²) < 4.78 is 0. The first-order chi connectivity index (χ1) is 13.0. The van der Waals surface area contributed by atoms with E-state index in [9.17, 15) is 4.79 Å². The Morgan fingerprint density at radius 3 is 2.78 bits per heavy atom. The maximum absolute atomic E-state index is 12.7. The smallest absolute Gasteiger partial charge is 0.251 e. The van der Waals surface area contributed by atoms with Crippen molar-refractivity contribution in [3.05, 3.63) is 70.4 Å². The molecule has 0 saturated heterocycles. The average molecular weight is 361 g/mol. The van der Waals surface area contributed by atoms with Gasteiger partial charge in [-0.05, 0) is 62.1 Å². The highest BCUT2D eigenvalue weighted by molar-refractivity contribution is 5.99. The van der Waals surface area contributed by atoms with Gasteiger partial charge in [0, 0.05) is 47.8 Å². The molecule has 1 aliphatic heterocycles. The Morgan fingerprint density at radius 1 is 1.19 bits per heavy atom. The van der Waals surface area contributed by atoms with E-state index in [1.54, 1.807) is 0 Å². The summed E-state index contributed by atoms with van der Waals surface area (Å²) in [6.45, 7) is 9.00. The van der Waals surface area contributed by atoms with Gasteiger partial charge in [-0.3, -0.25) is 9.69 Å². The van der Waals surface area contributed by atoms with Crippen LogP contribution in [-0.2, 0) is 13.0 Å². The van der Waals surface area contributed by atoms with Gasteiger partial charge in [0.15, 0.2) is 0 Å². The van der Waals surface area contributed by atoms with Crippen molar-refractivity contribution in [2.75, 3.05) is 13.1 Å². The molecule has 0 bridgehead atoms. The molecule has 1 amide bonds. The van der Waals surface area contributed by atoms with Crippen molar-refractivity contribution in [3.63, 3.8) is 0 Å². The SMILES string of the molecule is Cc1[nH]c2ccc(C(=O)NC[C@@H](C)N3CCc4ccccc4C3)cc2c1C. The second kappa shape index (κ2) is 7.20. The van der Waals surface area contributed by atoms with Gasteiger partial charge < -0.3 is 10.3 Å². The fraction of sp³-hybridized carbons (Fsp3) is 0.348. The molecule has 4 heteroatoms. The maximum Gasteiger partial charge on any atom is 0.251 e. The lowest BCUT2D eigenvalue weighted by Gasteiger charge is -2.33. The van der Waals surface area contributed by atoms with Gasteiger partial charge in [0.1, 0.15) is 0 Å². The molecule has 4 nitrogen and oxygen atoms in total. The van der Waals surface area contributed by atoms with E-state index < -0.39 is 0 Å². The lowest BCUT2D eigenvalue weighted by molar-refractivity contribution is 0.0932. The van der Waals surface area contributed by atoms with Crippen LogP contribution >= 0.6 is 0 Å². The van der Waals surface area contributed by atoms with Crippen molar-refractivity contribution in [1.82, 2.24) is 15.2 Å². The second-order valence-corrected chi connectivity index (χ2v) is 7.68. The Bertz CT molecular complexity index is 988. The van der Waals surface area contributed by atoms with Crippen LogP contribution in [0.15, 0.2) is 42.5 Å². The van der Waals surface area contributed by atoms with Gasteiger partial charge in [-0.15, -0.1) is 0 Å². The number of aromatic amines is 1. The van der Waals surface area contributed by atoms with Gasteiger partial charge >= 0.3 is 0 Å². The molecule has 2 heterocycles. The molecule has 27 heavy (non-hydrogen) atoms. The summed E-state index contributed by atoms with van der Waals surface area (Å²) in [4.78, 5) is 18.5. The minimum absolute atomic E-state index is 0.000544. The average Bonchev–Trinajstić information content (AvgIpc) is 2.98. The van der Waals surface area contributed by atoms with Crippen molar-refractivity contribution in [1.29, 1.82) is 0 Å². The van der Waals surface area contributed by atoms with Crippen LogP contribution in [0.4, 0.5) is 0 Å². The quantitative estimate of drug-likeness (QED) is 0.739. The largest absolute Gasteiger partial charge is 0.358 e. The predicted molar refractivity (Wildman–Crippen MR) is 110 cm³/mol. The molecular formula is C23H27N3O. The number of fused-ring (bicyclic) bond motifs is 2. The van der Waals surface area contributed by atoms with Gasteiger partial charge in [0.25, 0.3) is 5.91 Å². The highest BCUT2D eigenvalue weighted by Crippen LogP contribution is 2.23. The van der Waals surface area contributed by atoms with E-state index in [1.807, 2.05) is 18.2 Å². The normalized spacial score (nSPS) is 15.5. The standard InChI is InChI=1S/C23H27N3O/c1-15(26-11-10-18-6-4-5-7-20(18)14-26)13-24-23(27)19-8-9-22-21(12-19)16(2)17(3)25-22/h4-9,12,15,25H,10-11,13-14H2,1-3H3,(H,24,27)/t15-/m1/s1. The first kappa shape index (κ1) is 17.8. The molecular weight excluding hydrogens is 334 g/mol. The number of nitrogens with zero attached hydrogens (tertiary/aromatic N) is 1. The summed E-state index contributed by atoms with van der Waals surface area (Å²) in [7, 11) is 0. The fourth-order valence-electron chi connectivity index (χ4n) is 3.97. The number of hydrogen-bond acceptors (Lipinski definition) is 2. The van der Waals surface area contributed by atoms with Crippen molar-refractivity contribution < 1.29 is 4.79 Å². The molecule has 140 valence electrons. The fourth-order valence-corrected chi connectivity index (χ4v) is 3.97. The molecule has 0 radical (unpaired) electrons. The zero-order valence-electron chi connectivity index (χ0n) is 16.3. The number of carbonyl (C=O) groups is 1. The minimum atomic E-state index is -0.000544. The Kier molecular flexibility index (Phi) is 4.75. The molecule has 0 fully saturated rings. The van der Waals surface area contributed by atoms with Crippen LogP contribution in [0, 0.1) is 13.8 Å². The summed E-state index contributed by atoms with van der Waals surface area (Å²) in [6.07, 6.45) is 1.08. The lowest BCUT2D eigenvalue weighted by Crippen LogP contribution is -2.44. The van der Waals surface area contributed by atoms with E-state index in [4.69, 9.17) is 0 Å². The molecule has 2 N–H and O–H groups in total. The molecule has 0 saturated carbocycles. The molecule has 0 unspecified atom stereocenters. The highest BCUT2D eigenvalue weighted by atomic mass is 16.1. The second-order valence-electron chi connectivity index (χ2n) is 7.68. The van der Waals surface area contributed by atoms with Crippen molar-refractivity contribution >= 4 is 16.8 Å². The Hall–Kier alpha value is -2.59. The number of benzene rings is 2. The molecule has 0 aliphatic carbocycles. The van der Waals surface area contributed by atoms with Crippen LogP contribution in [-0.4, -0.2) is 34.9 Å². The van der Waals surface area contributed by atoms with Crippen LogP contribution in [0.2, 0.25) is 0 Å². The predicted octanol–water partition coefficient (Wildman–Crippen LogP) is 3.96. The van der Waals surface area contributed by atoms with E-state index in [-0.39, 0.29) is 5.91 Å². The number of rotatable bonds is 4. The van der Waals surface area contributed by atoms with Gasteiger partial charge in [-0.2, -0.15) is 0 Å². The van der Waals surface area contributed by atoms with Crippen LogP contribution in [0.25, 0.3) is 10.9 Å². The Balaban J connectivity index is 1.40. The zero-order valence-corrected chi connectivity index (χ0v) is 16.3. The first-order valence-corrected chi connectivity index (χ1v) is 9.71. The molecule has 4 rings (SSSR count). The summed E-state index contributed by atoms with van der Waals surface area (Å²) in [5, 5.41) is 4.25. The summed E-state index contributed by atoms with van der Waals surface area (Å²) in [6, 6.07) is 14.8. The summed E-state index contributed by atoms with van der Waals surface area (Å²) in [5.41, 5.74) is 7.03. The molecule has 1 aliphatic rings. The number of H-pyrrole nitrogens is 1. The van der Waals surface area contributed by atoms with Gasteiger partial charge in [-0.25, -0.2) is 0 Å². The van der Waals surface area contributed by atoms with Crippen LogP contribution in [0.1, 0.15) is 39.7 Å². The minimum Gasteiger partial charge on any atom is -0.358 e. The number of nitrogens with one attached hydrogen (secondary N) is 2. The third-order valence-electron chi connectivity index (χ3n) is 5.91. The first-order valence-electron chi connectivity index (χ1n) is 9.71. The number of aromatic nitrogens is 1. The summed E-state index contributed by atoms with van der Waals surface area (Å²) >= 11 is 0. The van der Waals surface area contributed by atoms with Crippen molar-refractivity contribution in [2.24, 2.45) is 0 Å². The van der Waals surface area contributed by atoms with Crippen LogP contribution in [0.5, 0.6) is 0 Å². The molecule has 0 spiro atoms. The van der Waals surface area contributed by atoms with Gasteiger partial charge in [-0.1, -0.05) is 24.3 Å². The van der Waals surface area contributed by atoms with Gasteiger partial charge in [0.2, 0.25) is 0 Å². The zero-order chi connectivity index (χ0) is 19.0. The lowest BCUT2D eigenvalue weighted by atomic mass is 9.99. The number of amides is 1. The topological polar surface area (TPSA) is 48.1 Å². The number of aryl methyl sites for hydroxylation is 2. The highest BCUT2D eigenvalue weighted by Gasteiger charge is 2.21. The van der Waals surface area contributed by atoms with Crippen molar-refractivity contribution in [3.8, 4) is 0 Å². The van der Waals surface area contributed by atoms with E-state index in [0.717, 1.165) is 41.7 Å². The third-order valence-corrected chi connectivity index (χ3v) is 5.91. The van der Waals surface area contributed by atoms with E-state index in [1.165, 1.54) is 16.7 Å². The molecule has 1 aromatic heterocycles. The molecule has 3 aromatic rings. The number of carbonyl (C=O) groups excluding carboxylic acids is 1. The molecule has 2 aromatic carbocycles. The number of hydrogen-bond donors (Lipinski definition) is 2. The van der Waals surface area contributed by atoms with E-state index in [0.29, 0.717) is 12.6 Å².